The van der Waals surface area contributed by atoms with Crippen LogP contribution in [0.1, 0.15) is 45.2 Å². The number of amides is 4. The maximum absolute atomic E-state index is 12.9. The van der Waals surface area contributed by atoms with Crippen LogP contribution in [0.15, 0.2) is 12.1 Å². The highest BCUT2D eigenvalue weighted by Gasteiger charge is 2.44. The van der Waals surface area contributed by atoms with Crippen molar-refractivity contribution in [3.63, 3.8) is 0 Å². The maximum Gasteiger partial charge on any atom is 0.321 e. The SMILES string of the molecule is CCc1ccc(Cl)c(CC)c1NC(=O)N1CC[C@H]2[C@@H](C1)NC(=O)N2C(C)C. The van der Waals surface area contributed by atoms with Crippen molar-refractivity contribution in [2.24, 2.45) is 0 Å². The molecule has 0 aromatic heterocycles. The summed E-state index contributed by atoms with van der Waals surface area (Å²) in [6.45, 7) is 9.32. The van der Waals surface area contributed by atoms with Gasteiger partial charge in [-0.15, -0.1) is 0 Å². The number of urea groups is 2. The standard InChI is InChI=1S/C20H29ClN4O2/c1-5-13-7-8-15(21)14(6-2)18(13)23-19(26)24-10-9-17-16(11-24)22-20(27)25(17)12(3)4/h7-8,12,16-17H,5-6,9-11H2,1-4H3,(H,22,27)(H,23,26)/t16-,17+/m1/s1. The zero-order chi connectivity index (χ0) is 19.7. The Balaban J connectivity index is 1.74. The second-order valence-electron chi connectivity index (χ2n) is 7.56. The van der Waals surface area contributed by atoms with E-state index in [0.29, 0.717) is 18.1 Å². The van der Waals surface area contributed by atoms with Crippen molar-refractivity contribution < 1.29 is 9.59 Å². The average molecular weight is 393 g/mol. The van der Waals surface area contributed by atoms with E-state index in [0.717, 1.165) is 36.1 Å². The number of hydrogen-bond donors (Lipinski definition) is 2. The number of nitrogens with one attached hydrogen (secondary N) is 2. The largest absolute Gasteiger partial charge is 0.331 e. The fourth-order valence-corrected chi connectivity index (χ4v) is 4.54. The number of nitrogens with zero attached hydrogens (tertiary/aromatic N) is 2. The Kier molecular flexibility index (Phi) is 5.84. The highest BCUT2D eigenvalue weighted by Crippen LogP contribution is 2.31. The summed E-state index contributed by atoms with van der Waals surface area (Å²) in [4.78, 5) is 28.9. The second kappa shape index (κ2) is 7.97. The first-order valence-corrected chi connectivity index (χ1v) is 10.2. The number of carbonyl (C=O) groups excluding carboxylic acids is 2. The summed E-state index contributed by atoms with van der Waals surface area (Å²) in [6.07, 6.45) is 2.36. The van der Waals surface area contributed by atoms with Gasteiger partial charge < -0.3 is 20.4 Å². The molecule has 0 saturated carbocycles. The van der Waals surface area contributed by atoms with Crippen LogP contribution in [0, 0.1) is 0 Å². The minimum Gasteiger partial charge on any atom is -0.331 e. The quantitative estimate of drug-likeness (QED) is 0.816. The third-order valence-corrected chi connectivity index (χ3v) is 5.98. The van der Waals surface area contributed by atoms with E-state index in [1.54, 1.807) is 4.90 Å². The smallest absolute Gasteiger partial charge is 0.321 e. The first-order chi connectivity index (χ1) is 12.9. The Hall–Kier alpha value is -1.95. The number of likely N-dealkylation sites (tertiary alicyclic amines) is 1. The zero-order valence-corrected chi connectivity index (χ0v) is 17.3. The molecule has 27 heavy (non-hydrogen) atoms. The van der Waals surface area contributed by atoms with Crippen molar-refractivity contribution in [3.05, 3.63) is 28.3 Å². The van der Waals surface area contributed by atoms with Crippen molar-refractivity contribution in [1.82, 2.24) is 15.1 Å². The topological polar surface area (TPSA) is 64.7 Å². The molecule has 2 aliphatic heterocycles. The van der Waals surface area contributed by atoms with Crippen molar-refractivity contribution in [1.29, 1.82) is 0 Å². The molecule has 6 nitrogen and oxygen atoms in total. The number of rotatable bonds is 4. The molecule has 2 heterocycles. The van der Waals surface area contributed by atoms with Gasteiger partial charge in [-0.2, -0.15) is 0 Å². The molecule has 1 aromatic carbocycles. The molecule has 2 atom stereocenters. The molecule has 3 rings (SSSR count). The van der Waals surface area contributed by atoms with Crippen LogP contribution in [-0.4, -0.2) is 53.1 Å². The van der Waals surface area contributed by atoms with Gasteiger partial charge in [0.25, 0.3) is 0 Å². The minimum atomic E-state index is -0.127. The minimum absolute atomic E-state index is 0.0185. The van der Waals surface area contributed by atoms with E-state index in [4.69, 9.17) is 11.6 Å². The Bertz CT molecular complexity index is 737. The lowest BCUT2D eigenvalue weighted by atomic mass is 9.99. The van der Waals surface area contributed by atoms with Crippen LogP contribution in [-0.2, 0) is 12.8 Å². The molecule has 0 spiro atoms. The number of aryl methyl sites for hydroxylation is 1. The molecular formula is C20H29ClN4O2. The number of carbonyl (C=O) groups is 2. The summed E-state index contributed by atoms with van der Waals surface area (Å²) in [7, 11) is 0. The predicted molar refractivity (Wildman–Crippen MR) is 108 cm³/mol. The molecule has 148 valence electrons. The zero-order valence-electron chi connectivity index (χ0n) is 16.5. The van der Waals surface area contributed by atoms with Crippen LogP contribution >= 0.6 is 11.6 Å². The van der Waals surface area contributed by atoms with Gasteiger partial charge in [0, 0.05) is 24.2 Å². The van der Waals surface area contributed by atoms with Gasteiger partial charge in [-0.25, -0.2) is 9.59 Å². The molecule has 0 radical (unpaired) electrons. The number of halogens is 1. The maximum atomic E-state index is 12.9. The number of piperidine rings is 1. The molecule has 0 bridgehead atoms. The van der Waals surface area contributed by atoms with E-state index in [1.165, 1.54) is 0 Å². The summed E-state index contributed by atoms with van der Waals surface area (Å²) in [5.41, 5.74) is 2.89. The molecule has 2 saturated heterocycles. The lowest BCUT2D eigenvalue weighted by Crippen LogP contribution is -2.54. The van der Waals surface area contributed by atoms with Crippen LogP contribution in [0.5, 0.6) is 0 Å². The van der Waals surface area contributed by atoms with Gasteiger partial charge in [0.2, 0.25) is 0 Å². The van der Waals surface area contributed by atoms with E-state index in [-0.39, 0.29) is 30.2 Å². The third kappa shape index (κ3) is 3.72. The summed E-state index contributed by atoms with van der Waals surface area (Å²) in [5.74, 6) is 0. The molecule has 0 aliphatic carbocycles. The average Bonchev–Trinajstić information content (AvgIpc) is 2.97. The van der Waals surface area contributed by atoms with E-state index < -0.39 is 0 Å². The molecule has 7 heteroatoms. The highest BCUT2D eigenvalue weighted by molar-refractivity contribution is 6.32. The highest BCUT2D eigenvalue weighted by atomic mass is 35.5. The van der Waals surface area contributed by atoms with Gasteiger partial charge in [-0.1, -0.05) is 31.5 Å². The van der Waals surface area contributed by atoms with E-state index >= 15 is 0 Å². The Morgan fingerprint density at radius 2 is 2.07 bits per heavy atom. The molecule has 2 aliphatic rings. The number of anilines is 1. The molecular weight excluding hydrogens is 364 g/mol. The monoisotopic (exact) mass is 392 g/mol. The number of benzene rings is 1. The lowest BCUT2D eigenvalue weighted by Gasteiger charge is -2.38. The molecule has 2 fully saturated rings. The van der Waals surface area contributed by atoms with Gasteiger partial charge in [-0.3, -0.25) is 0 Å². The third-order valence-electron chi connectivity index (χ3n) is 5.63. The fraction of sp³-hybridized carbons (Fsp3) is 0.600. The Morgan fingerprint density at radius 1 is 1.33 bits per heavy atom. The predicted octanol–water partition coefficient (Wildman–Crippen LogP) is 3.87. The Morgan fingerprint density at radius 3 is 2.70 bits per heavy atom. The van der Waals surface area contributed by atoms with E-state index in [1.807, 2.05) is 37.8 Å². The van der Waals surface area contributed by atoms with Gasteiger partial charge in [0.05, 0.1) is 17.8 Å². The molecule has 1 aromatic rings. The van der Waals surface area contributed by atoms with Crippen LogP contribution < -0.4 is 10.6 Å². The van der Waals surface area contributed by atoms with Crippen molar-refractivity contribution in [3.8, 4) is 0 Å². The van der Waals surface area contributed by atoms with Crippen molar-refractivity contribution >= 4 is 29.4 Å². The van der Waals surface area contributed by atoms with Crippen LogP contribution in [0.3, 0.4) is 0 Å². The summed E-state index contributed by atoms with van der Waals surface area (Å²) in [5, 5.41) is 6.81. The van der Waals surface area contributed by atoms with Crippen LogP contribution in [0.25, 0.3) is 0 Å². The summed E-state index contributed by atoms with van der Waals surface area (Å²) >= 11 is 6.34. The van der Waals surface area contributed by atoms with Gasteiger partial charge in [0.1, 0.15) is 0 Å². The molecule has 2 N–H and O–H groups in total. The summed E-state index contributed by atoms with van der Waals surface area (Å²) in [6, 6.07) is 4.01. The van der Waals surface area contributed by atoms with Gasteiger partial charge in [0.15, 0.2) is 0 Å². The fourth-order valence-electron chi connectivity index (χ4n) is 4.25. The number of hydrogen-bond acceptors (Lipinski definition) is 2. The van der Waals surface area contributed by atoms with Crippen molar-refractivity contribution in [2.75, 3.05) is 18.4 Å². The van der Waals surface area contributed by atoms with Crippen molar-refractivity contribution in [2.45, 2.75) is 65.1 Å². The molecule has 4 amide bonds. The van der Waals surface area contributed by atoms with Gasteiger partial charge >= 0.3 is 12.1 Å². The molecule has 0 unspecified atom stereocenters. The lowest BCUT2D eigenvalue weighted by molar-refractivity contribution is 0.138. The normalized spacial score (nSPS) is 22.1. The van der Waals surface area contributed by atoms with Gasteiger partial charge in [-0.05, 0) is 50.3 Å². The first-order valence-electron chi connectivity index (χ1n) is 9.82. The van der Waals surface area contributed by atoms with Crippen LogP contribution in [0.2, 0.25) is 5.02 Å². The van der Waals surface area contributed by atoms with E-state index in [9.17, 15) is 9.59 Å². The van der Waals surface area contributed by atoms with Crippen LogP contribution in [0.4, 0.5) is 15.3 Å². The van der Waals surface area contributed by atoms with E-state index in [2.05, 4.69) is 17.6 Å². The summed E-state index contributed by atoms with van der Waals surface area (Å²) < 4.78 is 0. The Labute approximate surface area is 166 Å². The first kappa shape index (κ1) is 19.8. The second-order valence-corrected chi connectivity index (χ2v) is 7.96. The number of fused-ring (bicyclic) bond motifs is 1.